The van der Waals surface area contributed by atoms with Crippen LogP contribution in [0.3, 0.4) is 0 Å². The van der Waals surface area contributed by atoms with Crippen LogP contribution in [-0.2, 0) is 29.0 Å². The smallest absolute Gasteiger partial charge is 0.408 e. The molecular weight excluding hydrogens is 468 g/mol. The molecule has 2 saturated heterocycles. The summed E-state index contributed by atoms with van der Waals surface area (Å²) in [5, 5.41) is 13.0. The number of ether oxygens (including phenoxy) is 4. The molecule has 0 aliphatic carbocycles. The topological polar surface area (TPSA) is 141 Å². The number of hydrogen-bond donors (Lipinski definition) is 2. The molecule has 0 saturated carbocycles. The second-order valence-corrected chi connectivity index (χ2v) is 10.7. The molecule has 2 aliphatic heterocycles. The molecule has 34 heavy (non-hydrogen) atoms. The van der Waals surface area contributed by atoms with Crippen LogP contribution in [0.4, 0.5) is 4.79 Å². The van der Waals surface area contributed by atoms with Gasteiger partial charge in [0.15, 0.2) is 6.29 Å². The van der Waals surface area contributed by atoms with Gasteiger partial charge in [-0.2, -0.15) is 4.31 Å². The predicted octanol–water partition coefficient (Wildman–Crippen LogP) is 0.758. The molecule has 0 bridgehead atoms. The zero-order valence-corrected chi connectivity index (χ0v) is 20.3. The van der Waals surface area contributed by atoms with E-state index in [1.807, 2.05) is 13.8 Å². The number of hydrogen-bond acceptors (Lipinski definition) is 9. The summed E-state index contributed by atoms with van der Waals surface area (Å²) in [5.74, 6) is 0.361. The van der Waals surface area contributed by atoms with Gasteiger partial charge in [0.2, 0.25) is 10.0 Å². The van der Waals surface area contributed by atoms with Crippen LogP contribution in [0.2, 0.25) is 0 Å². The Morgan fingerprint density at radius 3 is 2.59 bits per heavy atom. The molecule has 5 atom stereocenters. The number of methoxy groups -OCH3 is 1. The van der Waals surface area contributed by atoms with Gasteiger partial charge >= 0.3 is 6.09 Å². The maximum absolute atomic E-state index is 13.2. The van der Waals surface area contributed by atoms with Gasteiger partial charge in [0.25, 0.3) is 0 Å². The van der Waals surface area contributed by atoms with Crippen LogP contribution >= 0.6 is 0 Å². The van der Waals surface area contributed by atoms with E-state index in [1.54, 1.807) is 0 Å². The lowest BCUT2D eigenvalue weighted by molar-refractivity contribution is -0.112. The molecule has 0 unspecified atom stereocenters. The Morgan fingerprint density at radius 2 is 1.97 bits per heavy atom. The van der Waals surface area contributed by atoms with Crippen molar-refractivity contribution in [3.8, 4) is 5.75 Å². The van der Waals surface area contributed by atoms with Gasteiger partial charge < -0.3 is 34.2 Å². The number of aldehydes is 1. The second-order valence-electron chi connectivity index (χ2n) is 8.73. The average Bonchev–Trinajstić information content (AvgIpc) is 3.42. The van der Waals surface area contributed by atoms with Crippen molar-refractivity contribution in [3.05, 3.63) is 24.3 Å². The van der Waals surface area contributed by atoms with Crippen molar-refractivity contribution in [2.75, 3.05) is 33.4 Å². The molecule has 11 nitrogen and oxygen atoms in total. The zero-order chi connectivity index (χ0) is 24.9. The fourth-order valence-electron chi connectivity index (χ4n) is 3.97. The molecule has 2 fully saturated rings. The number of nitrogens with zero attached hydrogens (tertiary/aromatic N) is 1. The van der Waals surface area contributed by atoms with Gasteiger partial charge in [-0.1, -0.05) is 13.8 Å². The first-order valence-corrected chi connectivity index (χ1v) is 12.6. The van der Waals surface area contributed by atoms with E-state index in [0.29, 0.717) is 25.1 Å². The second kappa shape index (κ2) is 11.5. The summed E-state index contributed by atoms with van der Waals surface area (Å²) < 4.78 is 48.8. The Balaban J connectivity index is 1.65. The van der Waals surface area contributed by atoms with Crippen LogP contribution < -0.4 is 10.1 Å². The Labute approximate surface area is 199 Å². The zero-order valence-electron chi connectivity index (χ0n) is 19.5. The van der Waals surface area contributed by atoms with Crippen molar-refractivity contribution in [1.29, 1.82) is 0 Å². The maximum Gasteiger partial charge on any atom is 0.408 e. The van der Waals surface area contributed by atoms with Crippen LogP contribution in [0, 0.1) is 11.8 Å². The molecule has 2 aliphatic rings. The number of carbonyl (C=O) groups excluding carboxylic acids is 2. The standard InChI is InChI=1S/C22H32N2O9S/c1-14(2)10-24(34(28,29)16-6-4-15(30-3)5-7-16)11-19(26)18(12-25)23-22(27)33-20-13-32-21-17(20)8-9-31-21/h4-7,12,14,17-21,26H,8-11,13H2,1-3H3,(H,23,27)/t17-,18-,19+,20-,21+/m0/s1. The van der Waals surface area contributed by atoms with Gasteiger partial charge in [-0.3, -0.25) is 0 Å². The van der Waals surface area contributed by atoms with Gasteiger partial charge in [-0.25, -0.2) is 13.2 Å². The van der Waals surface area contributed by atoms with Crippen molar-refractivity contribution in [2.24, 2.45) is 11.8 Å². The van der Waals surface area contributed by atoms with Crippen LogP contribution in [0.15, 0.2) is 29.2 Å². The van der Waals surface area contributed by atoms with E-state index in [-0.39, 0.29) is 29.9 Å². The Kier molecular flexibility index (Phi) is 8.88. The van der Waals surface area contributed by atoms with Crippen molar-refractivity contribution < 1.29 is 42.1 Å². The lowest BCUT2D eigenvalue weighted by atomic mass is 10.0. The van der Waals surface area contributed by atoms with Gasteiger partial charge in [-0.15, -0.1) is 0 Å². The van der Waals surface area contributed by atoms with Crippen molar-refractivity contribution in [3.63, 3.8) is 0 Å². The summed E-state index contributed by atoms with van der Waals surface area (Å²) in [6.07, 6.45) is -2.28. The fraction of sp³-hybridized carbons (Fsp3) is 0.636. The Bertz CT molecular complexity index is 938. The molecule has 1 aromatic rings. The van der Waals surface area contributed by atoms with Crippen molar-refractivity contribution >= 4 is 22.4 Å². The number of alkyl carbamates (subject to hydrolysis) is 1. The number of benzene rings is 1. The molecule has 12 heteroatoms. The quantitative estimate of drug-likeness (QED) is 0.421. The average molecular weight is 501 g/mol. The summed E-state index contributed by atoms with van der Waals surface area (Å²) in [5.41, 5.74) is 0. The van der Waals surface area contributed by atoms with Gasteiger partial charge in [-0.05, 0) is 36.6 Å². The first-order valence-electron chi connectivity index (χ1n) is 11.1. The summed E-state index contributed by atoms with van der Waals surface area (Å²) >= 11 is 0. The SMILES string of the molecule is COc1ccc(S(=O)(=O)N(CC(C)C)C[C@@H](O)[C@H](C=O)NC(=O)O[C@H]2CO[C@H]3OCC[C@H]32)cc1. The minimum Gasteiger partial charge on any atom is -0.497 e. The van der Waals surface area contributed by atoms with Crippen molar-refractivity contribution in [2.45, 2.75) is 49.7 Å². The summed E-state index contributed by atoms with van der Waals surface area (Å²) in [6, 6.07) is 4.49. The summed E-state index contributed by atoms with van der Waals surface area (Å²) in [4.78, 5) is 24.0. The predicted molar refractivity (Wildman–Crippen MR) is 120 cm³/mol. The Hall–Kier alpha value is -2.25. The first-order chi connectivity index (χ1) is 16.1. The first kappa shape index (κ1) is 26.4. The fourth-order valence-corrected chi connectivity index (χ4v) is 5.59. The molecule has 0 spiro atoms. The van der Waals surface area contributed by atoms with Gasteiger partial charge in [0.05, 0.1) is 37.2 Å². The van der Waals surface area contributed by atoms with Crippen molar-refractivity contribution in [1.82, 2.24) is 9.62 Å². The third-order valence-electron chi connectivity index (χ3n) is 5.75. The van der Waals surface area contributed by atoms with Crippen LogP contribution in [-0.4, -0.2) is 88.2 Å². The van der Waals surface area contributed by atoms with Crippen LogP contribution in [0.1, 0.15) is 20.3 Å². The number of aliphatic hydroxyl groups is 1. The number of nitrogens with one attached hydrogen (secondary N) is 1. The van der Waals surface area contributed by atoms with Gasteiger partial charge in [0, 0.05) is 13.1 Å². The van der Waals surface area contributed by atoms with E-state index in [4.69, 9.17) is 18.9 Å². The largest absolute Gasteiger partial charge is 0.497 e. The molecule has 2 heterocycles. The molecule has 0 radical (unpaired) electrons. The normalized spacial score (nSPS) is 24.0. The number of carbonyl (C=O) groups is 2. The van der Waals surface area contributed by atoms with E-state index in [9.17, 15) is 23.1 Å². The molecule has 190 valence electrons. The number of rotatable bonds is 11. The lowest BCUT2D eigenvalue weighted by Gasteiger charge is -2.28. The number of aliphatic hydroxyl groups excluding tert-OH is 1. The minimum atomic E-state index is -3.99. The number of amides is 1. The third kappa shape index (κ3) is 6.25. The highest BCUT2D eigenvalue weighted by Crippen LogP contribution is 2.33. The Morgan fingerprint density at radius 1 is 1.26 bits per heavy atom. The number of sulfonamides is 1. The maximum atomic E-state index is 13.2. The van der Waals surface area contributed by atoms with E-state index in [2.05, 4.69) is 5.32 Å². The lowest BCUT2D eigenvalue weighted by Crippen LogP contribution is -2.51. The molecule has 1 aromatic carbocycles. The molecule has 2 N–H and O–H groups in total. The summed E-state index contributed by atoms with van der Waals surface area (Å²) in [7, 11) is -2.51. The van der Waals surface area contributed by atoms with E-state index in [0.717, 1.165) is 4.31 Å². The highest BCUT2D eigenvalue weighted by Gasteiger charge is 2.44. The highest BCUT2D eigenvalue weighted by atomic mass is 32.2. The van der Waals surface area contributed by atoms with E-state index < -0.39 is 47.2 Å². The molecular formula is C22H32N2O9S. The van der Waals surface area contributed by atoms with E-state index >= 15 is 0 Å². The number of fused-ring (bicyclic) bond motifs is 1. The third-order valence-corrected chi connectivity index (χ3v) is 7.59. The summed E-state index contributed by atoms with van der Waals surface area (Å²) in [6.45, 7) is 4.06. The molecule has 0 aromatic heterocycles. The minimum absolute atomic E-state index is 0.0192. The van der Waals surface area contributed by atoms with Gasteiger partial charge in [0.1, 0.15) is 24.2 Å². The van der Waals surface area contributed by atoms with E-state index in [1.165, 1.54) is 31.4 Å². The molecule has 3 rings (SSSR count). The molecule has 1 amide bonds. The monoisotopic (exact) mass is 500 g/mol. The van der Waals surface area contributed by atoms with Crippen LogP contribution in [0.5, 0.6) is 5.75 Å². The van der Waals surface area contributed by atoms with Crippen LogP contribution in [0.25, 0.3) is 0 Å². The highest BCUT2D eigenvalue weighted by molar-refractivity contribution is 7.89.